The first-order valence-corrected chi connectivity index (χ1v) is 9.41. The first-order chi connectivity index (χ1) is 13.8. The molecule has 5 nitrogen and oxygen atoms in total. The maximum atomic E-state index is 13.0. The molecule has 29 heavy (non-hydrogen) atoms. The van der Waals surface area contributed by atoms with E-state index in [0.29, 0.717) is 23.1 Å². The Bertz CT molecular complexity index is 1070. The van der Waals surface area contributed by atoms with Crippen LogP contribution in [0.15, 0.2) is 53.6 Å². The zero-order chi connectivity index (χ0) is 20.6. The van der Waals surface area contributed by atoms with Gasteiger partial charge in [0, 0.05) is 32.7 Å². The van der Waals surface area contributed by atoms with Crippen molar-refractivity contribution in [3.63, 3.8) is 0 Å². The second kappa shape index (κ2) is 7.61. The van der Waals surface area contributed by atoms with Crippen molar-refractivity contribution in [3.05, 3.63) is 70.3 Å². The Kier molecular flexibility index (Phi) is 5.14. The molecular weight excluding hydrogens is 381 g/mol. The molecule has 0 bridgehead atoms. The fourth-order valence-electron chi connectivity index (χ4n) is 3.58. The van der Waals surface area contributed by atoms with Gasteiger partial charge in [-0.1, -0.05) is 12.1 Å². The van der Waals surface area contributed by atoms with Crippen LogP contribution < -0.4 is 5.56 Å². The predicted octanol–water partition coefficient (Wildman–Crippen LogP) is 3.15. The lowest BCUT2D eigenvalue weighted by molar-refractivity contribution is -0.137. The Hall–Kier alpha value is -2.71. The number of nitrogens with zero attached hydrogens (tertiary/aromatic N) is 4. The molecule has 8 heteroatoms. The van der Waals surface area contributed by atoms with Gasteiger partial charge in [-0.2, -0.15) is 13.2 Å². The number of halogens is 3. The third-order valence-corrected chi connectivity index (χ3v) is 5.33. The number of rotatable bonds is 3. The summed E-state index contributed by atoms with van der Waals surface area (Å²) >= 11 is 0. The molecule has 0 radical (unpaired) electrons. The number of hydrogen-bond donors (Lipinski definition) is 0. The van der Waals surface area contributed by atoms with Gasteiger partial charge in [-0.25, -0.2) is 4.98 Å². The molecule has 3 aromatic rings. The Balaban J connectivity index is 1.67. The summed E-state index contributed by atoms with van der Waals surface area (Å²) in [7, 11) is 2.10. The lowest BCUT2D eigenvalue weighted by atomic mass is 10.1. The second-order valence-electron chi connectivity index (χ2n) is 7.36. The molecule has 1 saturated heterocycles. The normalized spacial score (nSPS) is 16.4. The monoisotopic (exact) mass is 402 g/mol. The van der Waals surface area contributed by atoms with Crippen LogP contribution in [0.1, 0.15) is 11.1 Å². The molecule has 0 unspecified atom stereocenters. The van der Waals surface area contributed by atoms with Gasteiger partial charge in [0.25, 0.3) is 5.56 Å². The van der Waals surface area contributed by atoms with Crippen LogP contribution in [0.4, 0.5) is 13.2 Å². The Morgan fingerprint density at radius 2 is 1.69 bits per heavy atom. The van der Waals surface area contributed by atoms with Gasteiger partial charge in [0.15, 0.2) is 0 Å². The zero-order valence-electron chi connectivity index (χ0n) is 16.0. The Labute approximate surface area is 166 Å². The van der Waals surface area contributed by atoms with Crippen LogP contribution in [0.2, 0.25) is 0 Å². The lowest BCUT2D eigenvalue weighted by Crippen LogP contribution is -2.43. The third-order valence-electron chi connectivity index (χ3n) is 5.33. The van der Waals surface area contributed by atoms with Crippen LogP contribution in [-0.2, 0) is 12.7 Å². The molecule has 1 aliphatic heterocycles. The summed E-state index contributed by atoms with van der Waals surface area (Å²) in [4.78, 5) is 22.1. The summed E-state index contributed by atoms with van der Waals surface area (Å²) < 4.78 is 39.6. The average molecular weight is 402 g/mol. The summed E-state index contributed by atoms with van der Waals surface area (Å²) in [6, 6.07) is 10.0. The molecule has 0 aliphatic carbocycles. The summed E-state index contributed by atoms with van der Waals surface area (Å²) in [5.74, 6) is 0. The highest BCUT2D eigenvalue weighted by Gasteiger charge is 2.30. The second-order valence-corrected chi connectivity index (χ2v) is 7.36. The Morgan fingerprint density at radius 3 is 2.34 bits per heavy atom. The number of likely N-dealkylation sites (N-methyl/N-ethyl adjacent to an activating group) is 1. The van der Waals surface area contributed by atoms with E-state index in [0.717, 1.165) is 43.9 Å². The molecule has 2 aromatic carbocycles. The highest BCUT2D eigenvalue weighted by Crippen LogP contribution is 2.29. The van der Waals surface area contributed by atoms with Crippen LogP contribution in [0.5, 0.6) is 0 Å². The minimum absolute atomic E-state index is 0.296. The van der Waals surface area contributed by atoms with Gasteiger partial charge in [0.05, 0.1) is 22.2 Å². The summed E-state index contributed by atoms with van der Waals surface area (Å²) in [5, 5.41) is 0.457. The maximum Gasteiger partial charge on any atom is 0.416 e. The molecular formula is C21H21F3N4O. The standard InChI is InChI=1S/C21H21F3N4O/c1-26-9-11-27(12-10-26)13-15-3-2-4-18-19(15)25-14-28(20(18)29)17-7-5-16(6-8-17)21(22,23)24/h2-8,14H,9-13H2,1H3. The average Bonchev–Trinajstić information content (AvgIpc) is 2.70. The van der Waals surface area contributed by atoms with E-state index in [-0.39, 0.29) is 5.56 Å². The molecule has 0 N–H and O–H groups in total. The molecule has 0 saturated carbocycles. The van der Waals surface area contributed by atoms with Gasteiger partial charge in [-0.3, -0.25) is 14.3 Å². The van der Waals surface area contributed by atoms with Crippen LogP contribution in [0, 0.1) is 0 Å². The van der Waals surface area contributed by atoms with Crippen LogP contribution >= 0.6 is 0 Å². The van der Waals surface area contributed by atoms with Gasteiger partial charge >= 0.3 is 6.18 Å². The lowest BCUT2D eigenvalue weighted by Gasteiger charge is -2.32. The molecule has 1 fully saturated rings. The van der Waals surface area contributed by atoms with Crippen molar-refractivity contribution in [1.29, 1.82) is 0 Å². The summed E-state index contributed by atoms with van der Waals surface area (Å²) in [6.07, 6.45) is -3.02. The van der Waals surface area contributed by atoms with Gasteiger partial charge in [-0.05, 0) is 42.9 Å². The first kappa shape index (κ1) is 19.6. The van der Waals surface area contributed by atoms with E-state index in [4.69, 9.17) is 0 Å². The minimum Gasteiger partial charge on any atom is -0.304 e. The molecule has 1 aromatic heterocycles. The summed E-state index contributed by atoms with van der Waals surface area (Å²) in [5.41, 5.74) is 0.915. The van der Waals surface area contributed by atoms with Crippen LogP contribution in [-0.4, -0.2) is 52.6 Å². The van der Waals surface area contributed by atoms with E-state index in [1.807, 2.05) is 12.1 Å². The molecule has 1 aliphatic rings. The van der Waals surface area contributed by atoms with Gasteiger partial charge in [0.1, 0.15) is 6.33 Å². The largest absolute Gasteiger partial charge is 0.416 e. The quantitative estimate of drug-likeness (QED) is 0.675. The molecule has 0 atom stereocenters. The van der Waals surface area contributed by atoms with E-state index in [9.17, 15) is 18.0 Å². The molecule has 152 valence electrons. The van der Waals surface area contributed by atoms with Crippen molar-refractivity contribution in [1.82, 2.24) is 19.4 Å². The predicted molar refractivity (Wildman–Crippen MR) is 105 cm³/mol. The fraction of sp³-hybridized carbons (Fsp3) is 0.333. The molecule has 0 amide bonds. The Morgan fingerprint density at radius 1 is 1.00 bits per heavy atom. The SMILES string of the molecule is CN1CCN(Cc2cccc3c(=O)n(-c4ccc(C(F)(F)F)cc4)cnc23)CC1. The molecule has 0 spiro atoms. The number of alkyl halides is 3. The number of aromatic nitrogens is 2. The highest BCUT2D eigenvalue weighted by atomic mass is 19.4. The van der Waals surface area contributed by atoms with Crippen molar-refractivity contribution in [2.45, 2.75) is 12.7 Å². The van der Waals surface area contributed by atoms with Crippen LogP contribution in [0.3, 0.4) is 0 Å². The molecule has 4 rings (SSSR count). The van der Waals surface area contributed by atoms with Crippen molar-refractivity contribution < 1.29 is 13.2 Å². The van der Waals surface area contributed by atoms with E-state index in [2.05, 4.69) is 21.8 Å². The van der Waals surface area contributed by atoms with Gasteiger partial charge in [-0.15, -0.1) is 0 Å². The number of fused-ring (bicyclic) bond motifs is 1. The minimum atomic E-state index is -4.41. The highest BCUT2D eigenvalue weighted by molar-refractivity contribution is 5.81. The fourth-order valence-corrected chi connectivity index (χ4v) is 3.58. The van der Waals surface area contributed by atoms with E-state index < -0.39 is 11.7 Å². The topological polar surface area (TPSA) is 41.4 Å². The van der Waals surface area contributed by atoms with Crippen molar-refractivity contribution in [2.75, 3.05) is 33.2 Å². The smallest absolute Gasteiger partial charge is 0.304 e. The van der Waals surface area contributed by atoms with E-state index >= 15 is 0 Å². The van der Waals surface area contributed by atoms with Crippen molar-refractivity contribution >= 4 is 10.9 Å². The number of para-hydroxylation sites is 1. The van der Waals surface area contributed by atoms with Crippen molar-refractivity contribution in [3.8, 4) is 5.69 Å². The van der Waals surface area contributed by atoms with Crippen LogP contribution in [0.25, 0.3) is 16.6 Å². The first-order valence-electron chi connectivity index (χ1n) is 9.41. The zero-order valence-corrected chi connectivity index (χ0v) is 16.0. The maximum absolute atomic E-state index is 13.0. The van der Waals surface area contributed by atoms with Gasteiger partial charge < -0.3 is 4.90 Å². The summed E-state index contributed by atoms with van der Waals surface area (Å²) in [6.45, 7) is 4.62. The van der Waals surface area contributed by atoms with E-state index in [1.54, 1.807) is 6.07 Å². The molecule has 2 heterocycles. The van der Waals surface area contributed by atoms with Crippen molar-refractivity contribution in [2.24, 2.45) is 0 Å². The third kappa shape index (κ3) is 4.04. The number of piperazine rings is 1. The number of hydrogen-bond acceptors (Lipinski definition) is 4. The van der Waals surface area contributed by atoms with E-state index in [1.165, 1.54) is 23.0 Å². The number of benzene rings is 2. The van der Waals surface area contributed by atoms with Gasteiger partial charge in [0.2, 0.25) is 0 Å².